The van der Waals surface area contributed by atoms with Gasteiger partial charge >= 0.3 is 5.97 Å². The monoisotopic (exact) mass is 396 g/mol. The average Bonchev–Trinajstić information content (AvgIpc) is 2.71. The van der Waals surface area contributed by atoms with Crippen molar-refractivity contribution in [2.75, 3.05) is 24.2 Å². The van der Waals surface area contributed by atoms with Crippen LogP contribution in [0.15, 0.2) is 60.0 Å². The van der Waals surface area contributed by atoms with E-state index in [-0.39, 0.29) is 18.4 Å². The summed E-state index contributed by atoms with van der Waals surface area (Å²) in [6.45, 7) is 1.96. The van der Waals surface area contributed by atoms with Gasteiger partial charge in [-0.1, -0.05) is 30.3 Å². The number of anilines is 1. The van der Waals surface area contributed by atoms with Gasteiger partial charge in [0.15, 0.2) is 0 Å². The molecule has 6 nitrogen and oxygen atoms in total. The number of carbonyl (C=O) groups is 3. The first kappa shape index (κ1) is 19.7. The number of hydrogen-bond donors (Lipinski definition) is 1. The SMILES string of the molecule is CCOC(=O)c1ccc(NC(=O)CN2C(=O)CSC=C2c2ccccc2)cc1. The standard InChI is InChI=1S/C21H20N2O4S/c1-2-27-21(26)16-8-10-17(11-9-16)22-19(24)12-23-18(13-28-14-20(23)25)15-6-4-3-5-7-15/h3-11,13H,2,12,14H2,1H3,(H,22,24). The maximum atomic E-state index is 12.5. The first-order chi connectivity index (χ1) is 13.6. The van der Waals surface area contributed by atoms with Crippen molar-refractivity contribution in [3.8, 4) is 0 Å². The molecule has 3 rings (SSSR count). The summed E-state index contributed by atoms with van der Waals surface area (Å²) in [7, 11) is 0. The molecule has 0 aliphatic carbocycles. The molecule has 28 heavy (non-hydrogen) atoms. The van der Waals surface area contributed by atoms with E-state index in [0.717, 1.165) is 11.3 Å². The summed E-state index contributed by atoms with van der Waals surface area (Å²) < 4.78 is 4.94. The van der Waals surface area contributed by atoms with Gasteiger partial charge in [0.1, 0.15) is 6.54 Å². The van der Waals surface area contributed by atoms with Crippen molar-refractivity contribution < 1.29 is 19.1 Å². The molecule has 2 amide bonds. The van der Waals surface area contributed by atoms with E-state index >= 15 is 0 Å². The molecule has 0 saturated carbocycles. The second-order valence-electron chi connectivity index (χ2n) is 6.01. The maximum Gasteiger partial charge on any atom is 0.338 e. The number of thioether (sulfide) groups is 1. The number of nitrogens with one attached hydrogen (secondary N) is 1. The molecule has 144 valence electrons. The number of carbonyl (C=O) groups excluding carboxylic acids is 3. The molecule has 1 aliphatic rings. The van der Waals surface area contributed by atoms with Crippen LogP contribution in [0.25, 0.3) is 5.70 Å². The van der Waals surface area contributed by atoms with Crippen molar-refractivity contribution in [3.05, 3.63) is 71.1 Å². The van der Waals surface area contributed by atoms with E-state index in [1.807, 2.05) is 35.7 Å². The van der Waals surface area contributed by atoms with Gasteiger partial charge in [-0.05, 0) is 42.2 Å². The van der Waals surface area contributed by atoms with Crippen LogP contribution in [0.4, 0.5) is 5.69 Å². The summed E-state index contributed by atoms with van der Waals surface area (Å²) in [5.74, 6) is -0.530. The van der Waals surface area contributed by atoms with Gasteiger partial charge in [-0.3, -0.25) is 9.59 Å². The van der Waals surface area contributed by atoms with Gasteiger partial charge < -0.3 is 15.0 Å². The zero-order chi connectivity index (χ0) is 19.9. The van der Waals surface area contributed by atoms with Crippen LogP contribution < -0.4 is 5.32 Å². The highest BCUT2D eigenvalue weighted by molar-refractivity contribution is 8.03. The van der Waals surface area contributed by atoms with Crippen LogP contribution in [0.3, 0.4) is 0 Å². The van der Waals surface area contributed by atoms with Crippen molar-refractivity contribution in [1.82, 2.24) is 4.90 Å². The van der Waals surface area contributed by atoms with Crippen LogP contribution in [0.5, 0.6) is 0 Å². The van der Waals surface area contributed by atoms with Crippen molar-refractivity contribution in [3.63, 3.8) is 0 Å². The van der Waals surface area contributed by atoms with Crippen LogP contribution in [-0.2, 0) is 14.3 Å². The lowest BCUT2D eigenvalue weighted by Gasteiger charge is -2.28. The van der Waals surface area contributed by atoms with Gasteiger partial charge in [0.05, 0.1) is 23.6 Å². The molecule has 1 N–H and O–H groups in total. The van der Waals surface area contributed by atoms with E-state index in [2.05, 4.69) is 5.32 Å². The molecule has 1 heterocycles. The van der Waals surface area contributed by atoms with Gasteiger partial charge in [-0.2, -0.15) is 0 Å². The summed E-state index contributed by atoms with van der Waals surface area (Å²) in [6, 6.07) is 15.9. The number of benzene rings is 2. The lowest BCUT2D eigenvalue weighted by molar-refractivity contribution is -0.129. The second-order valence-corrected chi connectivity index (χ2v) is 6.86. The Morgan fingerprint density at radius 1 is 1.11 bits per heavy atom. The van der Waals surface area contributed by atoms with Crippen molar-refractivity contribution in [1.29, 1.82) is 0 Å². The fourth-order valence-corrected chi connectivity index (χ4v) is 3.53. The predicted molar refractivity (Wildman–Crippen MR) is 110 cm³/mol. The zero-order valence-corrected chi connectivity index (χ0v) is 16.2. The molecule has 0 atom stereocenters. The molecule has 0 saturated heterocycles. The van der Waals surface area contributed by atoms with Crippen LogP contribution >= 0.6 is 11.8 Å². The Hall–Kier alpha value is -3.06. The molecule has 2 aromatic rings. The highest BCUT2D eigenvalue weighted by atomic mass is 32.2. The quantitative estimate of drug-likeness (QED) is 0.758. The fraction of sp³-hybridized carbons (Fsp3) is 0.190. The molecule has 1 aliphatic heterocycles. The van der Waals surface area contributed by atoms with E-state index in [0.29, 0.717) is 23.6 Å². The average molecular weight is 396 g/mol. The topological polar surface area (TPSA) is 75.7 Å². The van der Waals surface area contributed by atoms with Gasteiger partial charge in [-0.25, -0.2) is 4.79 Å². The Bertz CT molecular complexity index is 894. The smallest absolute Gasteiger partial charge is 0.338 e. The van der Waals surface area contributed by atoms with E-state index < -0.39 is 5.97 Å². The zero-order valence-electron chi connectivity index (χ0n) is 15.4. The third kappa shape index (κ3) is 4.80. The molecule has 0 radical (unpaired) electrons. The maximum absolute atomic E-state index is 12.5. The molecule has 7 heteroatoms. The number of esters is 1. The number of amides is 2. The first-order valence-corrected chi connectivity index (χ1v) is 9.88. The van der Waals surface area contributed by atoms with Crippen LogP contribution in [-0.4, -0.2) is 41.6 Å². The largest absolute Gasteiger partial charge is 0.462 e. The van der Waals surface area contributed by atoms with Gasteiger partial charge in [0.2, 0.25) is 11.8 Å². The molecule has 0 bridgehead atoms. The number of nitrogens with zero attached hydrogens (tertiary/aromatic N) is 1. The van der Waals surface area contributed by atoms with E-state index in [9.17, 15) is 14.4 Å². The van der Waals surface area contributed by atoms with E-state index in [4.69, 9.17) is 4.74 Å². The van der Waals surface area contributed by atoms with Crippen molar-refractivity contribution in [2.45, 2.75) is 6.92 Å². The van der Waals surface area contributed by atoms with Gasteiger partial charge in [-0.15, -0.1) is 11.8 Å². The summed E-state index contributed by atoms with van der Waals surface area (Å²) in [4.78, 5) is 38.1. The summed E-state index contributed by atoms with van der Waals surface area (Å²) in [6.07, 6.45) is 0. The third-order valence-electron chi connectivity index (χ3n) is 4.04. The summed E-state index contributed by atoms with van der Waals surface area (Å²) in [5.41, 5.74) is 2.56. The Kier molecular flexibility index (Phi) is 6.49. The summed E-state index contributed by atoms with van der Waals surface area (Å²) in [5, 5.41) is 4.66. The van der Waals surface area contributed by atoms with Crippen LogP contribution in [0.2, 0.25) is 0 Å². The molecular formula is C21H20N2O4S. The highest BCUT2D eigenvalue weighted by Crippen LogP contribution is 2.28. The normalized spacial score (nSPS) is 13.7. The molecule has 2 aromatic carbocycles. The Morgan fingerprint density at radius 3 is 2.50 bits per heavy atom. The van der Waals surface area contributed by atoms with Gasteiger partial charge in [0, 0.05) is 5.69 Å². The Labute approximate surface area is 167 Å². The minimum absolute atomic E-state index is 0.0836. The van der Waals surface area contributed by atoms with E-state index in [1.165, 1.54) is 16.7 Å². The number of hydrogen-bond acceptors (Lipinski definition) is 5. The molecule has 0 spiro atoms. The predicted octanol–water partition coefficient (Wildman–Crippen LogP) is 3.38. The minimum atomic E-state index is -0.408. The van der Waals surface area contributed by atoms with E-state index in [1.54, 1.807) is 31.2 Å². The highest BCUT2D eigenvalue weighted by Gasteiger charge is 2.25. The van der Waals surface area contributed by atoms with Crippen LogP contribution in [0.1, 0.15) is 22.8 Å². The number of ether oxygens (including phenoxy) is 1. The summed E-state index contributed by atoms with van der Waals surface area (Å²) >= 11 is 1.42. The molecule has 0 unspecified atom stereocenters. The lowest BCUT2D eigenvalue weighted by Crippen LogP contribution is -2.39. The molecule has 0 aromatic heterocycles. The van der Waals surface area contributed by atoms with Gasteiger partial charge in [0.25, 0.3) is 0 Å². The Balaban J connectivity index is 1.67. The molecule has 0 fully saturated rings. The van der Waals surface area contributed by atoms with Crippen molar-refractivity contribution in [2.24, 2.45) is 0 Å². The fourth-order valence-electron chi connectivity index (χ4n) is 2.72. The first-order valence-electron chi connectivity index (χ1n) is 8.83. The van der Waals surface area contributed by atoms with Crippen LogP contribution in [0, 0.1) is 0 Å². The second kappa shape index (κ2) is 9.23. The van der Waals surface area contributed by atoms with Crippen molar-refractivity contribution >= 4 is 40.9 Å². The minimum Gasteiger partial charge on any atom is -0.462 e. The third-order valence-corrected chi connectivity index (χ3v) is 4.85. The molecular weight excluding hydrogens is 376 g/mol. The Morgan fingerprint density at radius 2 is 1.82 bits per heavy atom. The number of rotatable bonds is 6. The lowest BCUT2D eigenvalue weighted by atomic mass is 10.1.